The fraction of sp³-hybridized carbons (Fsp3) is 0.391. The molecule has 0 radical (unpaired) electrons. The molecule has 30 heavy (non-hydrogen) atoms. The third kappa shape index (κ3) is 6.44. The summed E-state index contributed by atoms with van der Waals surface area (Å²) in [6.07, 6.45) is 0.137. The molecule has 0 aromatic heterocycles. The number of hydrogen-bond acceptors (Lipinski definition) is 2. The van der Waals surface area contributed by atoms with E-state index >= 15 is 0 Å². The summed E-state index contributed by atoms with van der Waals surface area (Å²) < 4.78 is 14.3. The molecule has 0 aliphatic rings. The second-order valence-corrected chi connectivity index (χ2v) is 8.97. The lowest BCUT2D eigenvalue weighted by Crippen LogP contribution is -2.53. The summed E-state index contributed by atoms with van der Waals surface area (Å²) in [5, 5.41) is 3.59. The van der Waals surface area contributed by atoms with Crippen molar-refractivity contribution in [1.29, 1.82) is 0 Å². The van der Waals surface area contributed by atoms with Crippen molar-refractivity contribution in [1.82, 2.24) is 10.2 Å². The van der Waals surface area contributed by atoms with E-state index in [2.05, 4.69) is 5.32 Å². The zero-order valence-electron chi connectivity index (χ0n) is 17.6. The van der Waals surface area contributed by atoms with Gasteiger partial charge in [-0.05, 0) is 51.0 Å². The van der Waals surface area contributed by atoms with Crippen molar-refractivity contribution in [3.63, 3.8) is 0 Å². The number of rotatable bonds is 7. The zero-order valence-corrected chi connectivity index (χ0v) is 19.1. The second kappa shape index (κ2) is 10.3. The first-order chi connectivity index (χ1) is 14.0. The number of hydrogen-bond donors (Lipinski definition) is 1. The first kappa shape index (κ1) is 24.2. The maximum absolute atomic E-state index is 14.3. The molecule has 1 N–H and O–H groups in total. The molecule has 2 aromatic rings. The highest BCUT2D eigenvalue weighted by molar-refractivity contribution is 6.31. The summed E-state index contributed by atoms with van der Waals surface area (Å²) >= 11 is 12.4. The predicted molar refractivity (Wildman–Crippen MR) is 119 cm³/mol. The Morgan fingerprint density at radius 2 is 1.70 bits per heavy atom. The van der Waals surface area contributed by atoms with E-state index in [0.29, 0.717) is 17.0 Å². The molecule has 0 fully saturated rings. The summed E-state index contributed by atoms with van der Waals surface area (Å²) in [5.41, 5.74) is 0.354. The Morgan fingerprint density at radius 1 is 1.07 bits per heavy atom. The SMILES string of the molecule is CC[C@H](C(=O)NC(C)(C)C)N(Cc1ccccc1Cl)C(=O)Cc1c(F)cccc1Cl. The van der Waals surface area contributed by atoms with Gasteiger partial charge < -0.3 is 10.2 Å². The third-order valence-electron chi connectivity index (χ3n) is 4.57. The molecule has 2 amide bonds. The Balaban J connectivity index is 2.40. The van der Waals surface area contributed by atoms with E-state index in [1.165, 1.54) is 23.1 Å². The van der Waals surface area contributed by atoms with Crippen LogP contribution in [0.3, 0.4) is 0 Å². The van der Waals surface area contributed by atoms with Gasteiger partial charge in [-0.15, -0.1) is 0 Å². The Hall–Kier alpha value is -2.11. The maximum Gasteiger partial charge on any atom is 0.243 e. The summed E-state index contributed by atoms with van der Waals surface area (Å²) in [6.45, 7) is 7.57. The lowest BCUT2D eigenvalue weighted by Gasteiger charge is -2.33. The van der Waals surface area contributed by atoms with Crippen LogP contribution in [0, 0.1) is 5.82 Å². The maximum atomic E-state index is 14.3. The summed E-state index contributed by atoms with van der Waals surface area (Å²) in [7, 11) is 0. The molecule has 0 aliphatic heterocycles. The molecular weight excluding hydrogens is 426 g/mol. The van der Waals surface area contributed by atoms with Crippen molar-refractivity contribution in [2.45, 2.75) is 58.7 Å². The van der Waals surface area contributed by atoms with Crippen LogP contribution in [-0.4, -0.2) is 28.3 Å². The second-order valence-electron chi connectivity index (χ2n) is 8.15. The van der Waals surface area contributed by atoms with E-state index < -0.39 is 23.3 Å². The molecule has 162 valence electrons. The van der Waals surface area contributed by atoms with Crippen LogP contribution in [0.4, 0.5) is 4.39 Å². The fourth-order valence-electron chi connectivity index (χ4n) is 3.14. The van der Waals surface area contributed by atoms with Crippen molar-refractivity contribution in [2.75, 3.05) is 0 Å². The minimum absolute atomic E-state index is 0.111. The van der Waals surface area contributed by atoms with Gasteiger partial charge in [0.15, 0.2) is 0 Å². The van der Waals surface area contributed by atoms with Crippen LogP contribution in [0.2, 0.25) is 10.0 Å². The highest BCUT2D eigenvalue weighted by Crippen LogP contribution is 2.24. The number of carbonyl (C=O) groups excluding carboxylic acids is 2. The molecule has 0 heterocycles. The molecule has 0 saturated carbocycles. The first-order valence-electron chi connectivity index (χ1n) is 9.81. The van der Waals surface area contributed by atoms with Crippen LogP contribution in [0.1, 0.15) is 45.2 Å². The van der Waals surface area contributed by atoms with Crippen LogP contribution in [0.15, 0.2) is 42.5 Å². The van der Waals surface area contributed by atoms with Gasteiger partial charge in [-0.2, -0.15) is 0 Å². The number of benzene rings is 2. The molecule has 2 rings (SSSR count). The number of nitrogens with one attached hydrogen (secondary N) is 1. The molecule has 1 atom stereocenters. The largest absolute Gasteiger partial charge is 0.350 e. The molecule has 0 aliphatic carbocycles. The average molecular weight is 453 g/mol. The molecule has 2 aromatic carbocycles. The van der Waals surface area contributed by atoms with Crippen molar-refractivity contribution in [3.8, 4) is 0 Å². The Morgan fingerprint density at radius 3 is 2.27 bits per heavy atom. The van der Waals surface area contributed by atoms with E-state index in [1.807, 2.05) is 33.8 Å². The topological polar surface area (TPSA) is 49.4 Å². The normalized spacial score (nSPS) is 12.4. The van der Waals surface area contributed by atoms with E-state index in [4.69, 9.17) is 23.2 Å². The third-order valence-corrected chi connectivity index (χ3v) is 5.30. The molecule has 4 nitrogen and oxygen atoms in total. The minimum Gasteiger partial charge on any atom is -0.350 e. The number of nitrogens with zero attached hydrogens (tertiary/aromatic N) is 1. The quantitative estimate of drug-likeness (QED) is 0.611. The standard InChI is InChI=1S/C23H27Cl2FN2O2/c1-5-20(22(30)27-23(2,3)4)28(14-15-9-6-7-10-17(15)24)21(29)13-16-18(25)11-8-12-19(16)26/h6-12,20H,5,13-14H2,1-4H3,(H,27,30)/t20-/m1/s1. The van der Waals surface area contributed by atoms with E-state index in [9.17, 15) is 14.0 Å². The van der Waals surface area contributed by atoms with Crippen LogP contribution in [0.25, 0.3) is 0 Å². The average Bonchev–Trinajstić information content (AvgIpc) is 2.64. The van der Waals surface area contributed by atoms with E-state index in [0.717, 1.165) is 0 Å². The van der Waals surface area contributed by atoms with Gasteiger partial charge in [-0.25, -0.2) is 4.39 Å². The summed E-state index contributed by atoms with van der Waals surface area (Å²) in [4.78, 5) is 27.7. The van der Waals surface area contributed by atoms with Crippen LogP contribution >= 0.6 is 23.2 Å². The highest BCUT2D eigenvalue weighted by atomic mass is 35.5. The van der Waals surface area contributed by atoms with Gasteiger partial charge in [0.1, 0.15) is 11.9 Å². The number of halogens is 3. The van der Waals surface area contributed by atoms with Gasteiger partial charge in [0.2, 0.25) is 11.8 Å². The van der Waals surface area contributed by atoms with Crippen molar-refractivity contribution in [2.24, 2.45) is 0 Å². The smallest absolute Gasteiger partial charge is 0.243 e. The van der Waals surface area contributed by atoms with Crippen molar-refractivity contribution >= 4 is 35.0 Å². The van der Waals surface area contributed by atoms with E-state index in [-0.39, 0.29) is 29.5 Å². The summed E-state index contributed by atoms with van der Waals surface area (Å²) in [5.74, 6) is -1.23. The van der Waals surface area contributed by atoms with Gasteiger partial charge in [0, 0.05) is 27.7 Å². The zero-order chi connectivity index (χ0) is 22.5. The Kier molecular flexibility index (Phi) is 8.27. The van der Waals surface area contributed by atoms with Crippen LogP contribution < -0.4 is 5.32 Å². The predicted octanol–water partition coefficient (Wildman–Crippen LogP) is 5.40. The van der Waals surface area contributed by atoms with Crippen molar-refractivity contribution < 1.29 is 14.0 Å². The molecule has 0 saturated heterocycles. The lowest BCUT2D eigenvalue weighted by atomic mass is 10.0. The van der Waals surface area contributed by atoms with Gasteiger partial charge in [0.05, 0.1) is 6.42 Å². The monoisotopic (exact) mass is 452 g/mol. The Labute approximate surface area is 187 Å². The molecular formula is C23H27Cl2FN2O2. The highest BCUT2D eigenvalue weighted by Gasteiger charge is 2.31. The van der Waals surface area contributed by atoms with E-state index in [1.54, 1.807) is 18.2 Å². The molecule has 0 unspecified atom stereocenters. The fourth-order valence-corrected chi connectivity index (χ4v) is 3.56. The lowest BCUT2D eigenvalue weighted by molar-refractivity contribution is -0.141. The number of amides is 2. The Bertz CT molecular complexity index is 892. The van der Waals surface area contributed by atoms with Crippen molar-refractivity contribution in [3.05, 3.63) is 69.5 Å². The van der Waals surface area contributed by atoms with Gasteiger partial charge in [0.25, 0.3) is 0 Å². The molecule has 0 bridgehead atoms. The van der Waals surface area contributed by atoms with Crippen LogP contribution in [0.5, 0.6) is 0 Å². The minimum atomic E-state index is -0.737. The summed E-state index contributed by atoms with van der Waals surface area (Å²) in [6, 6.07) is 10.7. The van der Waals surface area contributed by atoms with Gasteiger partial charge in [-0.1, -0.05) is 54.4 Å². The molecule has 7 heteroatoms. The van der Waals surface area contributed by atoms with Gasteiger partial charge >= 0.3 is 0 Å². The van der Waals surface area contributed by atoms with Gasteiger partial charge in [-0.3, -0.25) is 9.59 Å². The first-order valence-corrected chi connectivity index (χ1v) is 10.6. The number of carbonyl (C=O) groups is 2. The molecule has 0 spiro atoms. The van der Waals surface area contributed by atoms with Crippen LogP contribution in [-0.2, 0) is 22.6 Å².